The molecular weight excluding hydrogens is 136 g/mol. The van der Waals surface area contributed by atoms with E-state index >= 15 is 0 Å². The lowest BCUT2D eigenvalue weighted by Gasteiger charge is -2.01. The number of pyridine rings is 1. The van der Waals surface area contributed by atoms with E-state index in [4.69, 9.17) is 5.41 Å². The highest BCUT2D eigenvalue weighted by Crippen LogP contribution is 2.10. The topological polar surface area (TPSA) is 36.7 Å². The van der Waals surface area contributed by atoms with Crippen LogP contribution in [0.4, 0.5) is 0 Å². The van der Waals surface area contributed by atoms with Gasteiger partial charge in [0, 0.05) is 29.2 Å². The van der Waals surface area contributed by atoms with Gasteiger partial charge in [-0.15, -0.1) is 0 Å². The molecular formula is C9H10N2. The molecule has 0 saturated carbocycles. The van der Waals surface area contributed by atoms with Gasteiger partial charge in [0.2, 0.25) is 0 Å². The summed E-state index contributed by atoms with van der Waals surface area (Å²) in [5, 5.41) is 7.08. The normalized spacial score (nSPS) is 9.18. The van der Waals surface area contributed by atoms with Crippen molar-refractivity contribution >= 4 is 12.3 Å². The Kier molecular flexibility index (Phi) is 2.16. The minimum absolute atomic E-state index is 0.868. The third-order valence-electron chi connectivity index (χ3n) is 1.58. The maximum Gasteiger partial charge on any atom is 0.0451 e. The van der Waals surface area contributed by atoms with Crippen molar-refractivity contribution in [2.45, 2.75) is 6.92 Å². The van der Waals surface area contributed by atoms with Gasteiger partial charge in [-0.2, -0.15) is 0 Å². The Morgan fingerprint density at radius 3 is 2.82 bits per heavy atom. The minimum Gasteiger partial charge on any atom is -0.308 e. The number of nitrogens with zero attached hydrogens (tertiary/aromatic N) is 1. The van der Waals surface area contributed by atoms with Crippen LogP contribution in [0, 0.1) is 12.3 Å². The molecule has 1 aromatic heterocycles. The van der Waals surface area contributed by atoms with Crippen molar-refractivity contribution in [2.75, 3.05) is 0 Å². The highest BCUT2D eigenvalue weighted by Gasteiger charge is 1.98. The first-order chi connectivity index (χ1) is 5.29. The van der Waals surface area contributed by atoms with Gasteiger partial charge in [-0.3, -0.25) is 4.98 Å². The molecule has 11 heavy (non-hydrogen) atoms. The Morgan fingerprint density at radius 1 is 1.64 bits per heavy atom. The van der Waals surface area contributed by atoms with Gasteiger partial charge < -0.3 is 5.41 Å². The highest BCUT2D eigenvalue weighted by molar-refractivity contribution is 5.83. The molecule has 2 nitrogen and oxygen atoms in total. The van der Waals surface area contributed by atoms with E-state index in [2.05, 4.69) is 11.6 Å². The first kappa shape index (κ1) is 7.66. The van der Waals surface area contributed by atoms with Crippen molar-refractivity contribution in [3.8, 4) is 0 Å². The Balaban J connectivity index is 3.35. The van der Waals surface area contributed by atoms with Crippen LogP contribution in [0.15, 0.2) is 18.8 Å². The molecule has 0 atom stereocenters. The van der Waals surface area contributed by atoms with E-state index in [1.54, 1.807) is 18.3 Å². The summed E-state index contributed by atoms with van der Waals surface area (Å²) in [7, 11) is 0. The molecule has 0 bridgehead atoms. The van der Waals surface area contributed by atoms with Gasteiger partial charge >= 0.3 is 0 Å². The van der Waals surface area contributed by atoms with E-state index in [9.17, 15) is 0 Å². The van der Waals surface area contributed by atoms with Crippen LogP contribution in [0.2, 0.25) is 0 Å². The summed E-state index contributed by atoms with van der Waals surface area (Å²) in [6, 6.07) is 1.80. The molecule has 1 aromatic rings. The SMILES string of the molecule is C=Cc1c(C=N)ccnc1C. The van der Waals surface area contributed by atoms with E-state index in [-0.39, 0.29) is 0 Å². The number of rotatable bonds is 2. The molecule has 0 amide bonds. The Hall–Kier alpha value is -1.44. The van der Waals surface area contributed by atoms with Gasteiger partial charge in [0.15, 0.2) is 0 Å². The van der Waals surface area contributed by atoms with E-state index in [1.807, 2.05) is 6.92 Å². The summed E-state index contributed by atoms with van der Waals surface area (Å²) in [5.74, 6) is 0. The van der Waals surface area contributed by atoms with Gasteiger partial charge in [-0.05, 0) is 13.0 Å². The van der Waals surface area contributed by atoms with Crippen LogP contribution in [0.25, 0.3) is 6.08 Å². The van der Waals surface area contributed by atoms with Crippen LogP contribution in [0.5, 0.6) is 0 Å². The fourth-order valence-corrected chi connectivity index (χ4v) is 0.989. The lowest BCUT2D eigenvalue weighted by molar-refractivity contribution is 1.18. The molecule has 0 aliphatic carbocycles. The van der Waals surface area contributed by atoms with Crippen molar-refractivity contribution in [1.29, 1.82) is 5.41 Å². The highest BCUT2D eigenvalue weighted by atomic mass is 14.7. The zero-order valence-corrected chi connectivity index (χ0v) is 6.46. The fraction of sp³-hybridized carbons (Fsp3) is 0.111. The van der Waals surface area contributed by atoms with E-state index in [1.165, 1.54) is 6.21 Å². The lowest BCUT2D eigenvalue weighted by atomic mass is 10.1. The van der Waals surface area contributed by atoms with Crippen LogP contribution in [-0.4, -0.2) is 11.2 Å². The van der Waals surface area contributed by atoms with Gasteiger partial charge in [-0.25, -0.2) is 0 Å². The second-order valence-corrected chi connectivity index (χ2v) is 2.25. The number of aromatic nitrogens is 1. The molecule has 56 valence electrons. The van der Waals surface area contributed by atoms with Gasteiger partial charge in [0.1, 0.15) is 0 Å². The predicted octanol–water partition coefficient (Wildman–Crippen LogP) is 2.03. The smallest absolute Gasteiger partial charge is 0.0451 e. The minimum atomic E-state index is 0.868. The van der Waals surface area contributed by atoms with E-state index in [0.29, 0.717) is 0 Å². The third-order valence-corrected chi connectivity index (χ3v) is 1.58. The van der Waals surface area contributed by atoms with Crippen molar-refractivity contribution in [1.82, 2.24) is 4.98 Å². The molecule has 0 saturated heterocycles. The maximum absolute atomic E-state index is 7.08. The molecule has 1 heterocycles. The molecule has 2 heteroatoms. The van der Waals surface area contributed by atoms with Crippen LogP contribution >= 0.6 is 0 Å². The number of aryl methyl sites for hydroxylation is 1. The average molecular weight is 146 g/mol. The summed E-state index contributed by atoms with van der Waals surface area (Å²) in [6.07, 6.45) is 4.73. The monoisotopic (exact) mass is 146 g/mol. The summed E-state index contributed by atoms with van der Waals surface area (Å²) in [4.78, 5) is 4.08. The molecule has 0 aliphatic heterocycles. The molecule has 0 radical (unpaired) electrons. The lowest BCUT2D eigenvalue weighted by Crippen LogP contribution is -1.92. The van der Waals surface area contributed by atoms with Crippen molar-refractivity contribution in [3.05, 3.63) is 35.7 Å². The van der Waals surface area contributed by atoms with Crippen molar-refractivity contribution in [2.24, 2.45) is 0 Å². The summed E-state index contributed by atoms with van der Waals surface area (Å²) < 4.78 is 0. The first-order valence-electron chi connectivity index (χ1n) is 3.38. The number of nitrogens with one attached hydrogen (secondary N) is 1. The second kappa shape index (κ2) is 3.10. The summed E-state index contributed by atoms with van der Waals surface area (Å²) >= 11 is 0. The average Bonchev–Trinajstić information content (AvgIpc) is 2.04. The third kappa shape index (κ3) is 1.34. The molecule has 1 rings (SSSR count). The molecule has 0 aliphatic rings. The van der Waals surface area contributed by atoms with E-state index < -0.39 is 0 Å². The summed E-state index contributed by atoms with van der Waals surface area (Å²) in [5.41, 5.74) is 2.73. The molecule has 0 aromatic carbocycles. The largest absolute Gasteiger partial charge is 0.308 e. The molecule has 0 spiro atoms. The Morgan fingerprint density at radius 2 is 2.36 bits per heavy atom. The van der Waals surface area contributed by atoms with Crippen LogP contribution in [0.3, 0.4) is 0 Å². The molecule has 1 N–H and O–H groups in total. The fourth-order valence-electron chi connectivity index (χ4n) is 0.989. The molecule has 0 fully saturated rings. The van der Waals surface area contributed by atoms with Crippen molar-refractivity contribution < 1.29 is 0 Å². The number of hydrogen-bond donors (Lipinski definition) is 1. The number of hydrogen-bond acceptors (Lipinski definition) is 2. The maximum atomic E-state index is 7.08. The molecule has 0 unspecified atom stereocenters. The standard InChI is InChI=1S/C9H10N2/c1-3-9-7(2)11-5-4-8(9)6-10/h3-6,10H,1H2,2H3. The van der Waals surface area contributed by atoms with Gasteiger partial charge in [-0.1, -0.05) is 12.7 Å². The summed E-state index contributed by atoms with van der Waals surface area (Å²) in [6.45, 7) is 5.56. The van der Waals surface area contributed by atoms with E-state index in [0.717, 1.165) is 16.8 Å². The first-order valence-corrected chi connectivity index (χ1v) is 3.38. The van der Waals surface area contributed by atoms with Crippen molar-refractivity contribution in [3.63, 3.8) is 0 Å². The van der Waals surface area contributed by atoms with Crippen LogP contribution < -0.4 is 0 Å². The van der Waals surface area contributed by atoms with Gasteiger partial charge in [0.25, 0.3) is 0 Å². The van der Waals surface area contributed by atoms with Gasteiger partial charge in [0.05, 0.1) is 0 Å². The second-order valence-electron chi connectivity index (χ2n) is 2.25. The van der Waals surface area contributed by atoms with Crippen LogP contribution in [0.1, 0.15) is 16.8 Å². The quantitative estimate of drug-likeness (QED) is 0.637. The Bertz CT molecular complexity index is 290. The Labute approximate surface area is 66.1 Å². The zero-order chi connectivity index (χ0) is 8.27. The van der Waals surface area contributed by atoms with Crippen LogP contribution in [-0.2, 0) is 0 Å². The predicted molar refractivity (Wildman–Crippen MR) is 47.0 cm³/mol. The zero-order valence-electron chi connectivity index (χ0n) is 6.46.